The molecule has 0 saturated carbocycles. The van der Waals surface area contributed by atoms with Crippen LogP contribution in [0.4, 0.5) is 0 Å². The normalized spacial score (nSPS) is 11.7. The zero-order valence-corrected chi connectivity index (χ0v) is 11.4. The van der Waals surface area contributed by atoms with Crippen LogP contribution in [-0.4, -0.2) is 9.13 Å². The van der Waals surface area contributed by atoms with Crippen LogP contribution in [0.2, 0.25) is 0 Å². The van der Waals surface area contributed by atoms with Gasteiger partial charge in [0, 0.05) is 23.4 Å². The van der Waals surface area contributed by atoms with E-state index >= 15 is 0 Å². The third-order valence-corrected chi connectivity index (χ3v) is 4.06. The molecule has 2 aromatic carbocycles. The summed E-state index contributed by atoms with van der Waals surface area (Å²) >= 11 is 0. The molecular formula is C18H16N2. The van der Waals surface area contributed by atoms with E-state index < -0.39 is 0 Å². The molecule has 0 aliphatic rings. The van der Waals surface area contributed by atoms with Crippen molar-refractivity contribution in [1.82, 2.24) is 9.13 Å². The van der Waals surface area contributed by atoms with Crippen molar-refractivity contribution in [3.05, 3.63) is 73.1 Å². The highest BCUT2D eigenvalue weighted by Gasteiger charge is 2.11. The van der Waals surface area contributed by atoms with Crippen molar-refractivity contribution in [1.29, 1.82) is 0 Å². The molecule has 2 heterocycles. The molecule has 0 aliphatic carbocycles. The highest BCUT2D eigenvalue weighted by molar-refractivity contribution is 5.81. The summed E-state index contributed by atoms with van der Waals surface area (Å²) in [5.41, 5.74) is 2.55. The topological polar surface area (TPSA) is 9.86 Å². The van der Waals surface area contributed by atoms with Crippen LogP contribution in [0.25, 0.3) is 21.8 Å². The lowest BCUT2D eigenvalue weighted by atomic mass is 10.2. The van der Waals surface area contributed by atoms with E-state index in [4.69, 9.17) is 0 Å². The van der Waals surface area contributed by atoms with Crippen molar-refractivity contribution in [3.8, 4) is 0 Å². The zero-order valence-electron chi connectivity index (χ0n) is 11.4. The van der Waals surface area contributed by atoms with Gasteiger partial charge in [0.15, 0.2) is 0 Å². The largest absolute Gasteiger partial charge is 0.326 e. The summed E-state index contributed by atoms with van der Waals surface area (Å²) in [4.78, 5) is 0. The van der Waals surface area contributed by atoms with Gasteiger partial charge in [-0.25, -0.2) is 0 Å². The number of aromatic nitrogens is 2. The number of hydrogen-bond donors (Lipinski definition) is 0. The highest BCUT2D eigenvalue weighted by Crippen LogP contribution is 2.25. The number of rotatable bonds is 2. The third kappa shape index (κ3) is 1.58. The fraction of sp³-hybridized carbons (Fsp3) is 0.111. The molecule has 0 radical (unpaired) electrons. The molecule has 0 saturated heterocycles. The summed E-state index contributed by atoms with van der Waals surface area (Å²) in [7, 11) is 0. The second-order valence-electron chi connectivity index (χ2n) is 5.20. The molecule has 2 nitrogen and oxygen atoms in total. The van der Waals surface area contributed by atoms with Gasteiger partial charge < -0.3 is 9.13 Å². The molecule has 0 bridgehead atoms. The van der Waals surface area contributed by atoms with Crippen LogP contribution in [0.1, 0.15) is 13.1 Å². The predicted molar refractivity (Wildman–Crippen MR) is 84.0 cm³/mol. The molecule has 0 fully saturated rings. The minimum atomic E-state index is 0.259. The smallest absolute Gasteiger partial charge is 0.107 e. The van der Waals surface area contributed by atoms with Crippen molar-refractivity contribution in [2.45, 2.75) is 13.1 Å². The molecule has 2 aromatic heterocycles. The minimum absolute atomic E-state index is 0.259. The Morgan fingerprint density at radius 1 is 0.650 bits per heavy atom. The van der Waals surface area contributed by atoms with Crippen molar-refractivity contribution >= 4 is 21.8 Å². The first kappa shape index (κ1) is 11.4. The van der Waals surface area contributed by atoms with Gasteiger partial charge in [-0.15, -0.1) is 0 Å². The lowest BCUT2D eigenvalue weighted by Crippen LogP contribution is -2.12. The first-order valence-electron chi connectivity index (χ1n) is 6.96. The Balaban J connectivity index is 1.90. The minimum Gasteiger partial charge on any atom is -0.326 e. The summed E-state index contributed by atoms with van der Waals surface area (Å²) in [6, 6.07) is 21.4. The Morgan fingerprint density at radius 2 is 1.10 bits per heavy atom. The molecule has 4 aromatic rings. The quantitative estimate of drug-likeness (QED) is 0.496. The Bertz CT molecular complexity index is 808. The standard InChI is InChI=1S/C18H16N2/c1-14(19-12-10-15-6-2-4-8-17(15)19)20-13-11-16-7-3-5-9-18(16)20/h2-14H,1H3. The summed E-state index contributed by atoms with van der Waals surface area (Å²) in [6.07, 6.45) is 4.60. The van der Waals surface area contributed by atoms with Crippen LogP contribution in [-0.2, 0) is 0 Å². The Kier molecular flexibility index (Phi) is 2.43. The average Bonchev–Trinajstić information content (AvgIpc) is 3.11. The van der Waals surface area contributed by atoms with Gasteiger partial charge in [0.05, 0.1) is 0 Å². The monoisotopic (exact) mass is 260 g/mol. The zero-order chi connectivity index (χ0) is 13.5. The van der Waals surface area contributed by atoms with Crippen molar-refractivity contribution in [2.75, 3.05) is 0 Å². The van der Waals surface area contributed by atoms with Crippen LogP contribution in [0, 0.1) is 0 Å². The predicted octanol–water partition coefficient (Wildman–Crippen LogP) is 4.66. The second-order valence-corrected chi connectivity index (χ2v) is 5.20. The van der Waals surface area contributed by atoms with E-state index in [2.05, 4.69) is 89.1 Å². The number of nitrogens with zero attached hydrogens (tertiary/aromatic N) is 2. The van der Waals surface area contributed by atoms with E-state index in [0.717, 1.165) is 0 Å². The van der Waals surface area contributed by atoms with Gasteiger partial charge in [-0.3, -0.25) is 0 Å². The molecule has 0 unspecified atom stereocenters. The van der Waals surface area contributed by atoms with Gasteiger partial charge in [-0.2, -0.15) is 0 Å². The van der Waals surface area contributed by atoms with Crippen LogP contribution >= 0.6 is 0 Å². The average molecular weight is 260 g/mol. The van der Waals surface area contributed by atoms with Crippen molar-refractivity contribution < 1.29 is 0 Å². The molecule has 0 amide bonds. The number of fused-ring (bicyclic) bond motifs is 2. The summed E-state index contributed by atoms with van der Waals surface area (Å²) in [5.74, 6) is 0. The fourth-order valence-electron chi connectivity index (χ4n) is 2.99. The summed E-state index contributed by atoms with van der Waals surface area (Å²) in [5, 5.41) is 2.58. The lowest BCUT2D eigenvalue weighted by Gasteiger charge is -2.18. The molecule has 20 heavy (non-hydrogen) atoms. The third-order valence-electron chi connectivity index (χ3n) is 4.06. The van der Waals surface area contributed by atoms with Gasteiger partial charge in [0.25, 0.3) is 0 Å². The Morgan fingerprint density at radius 3 is 1.60 bits per heavy atom. The van der Waals surface area contributed by atoms with Gasteiger partial charge >= 0.3 is 0 Å². The van der Waals surface area contributed by atoms with Crippen LogP contribution in [0.15, 0.2) is 73.1 Å². The molecule has 0 N–H and O–H groups in total. The molecular weight excluding hydrogens is 244 g/mol. The molecule has 0 aliphatic heterocycles. The first-order chi connectivity index (χ1) is 9.84. The highest BCUT2D eigenvalue weighted by atomic mass is 15.2. The first-order valence-corrected chi connectivity index (χ1v) is 6.96. The number of hydrogen-bond acceptors (Lipinski definition) is 0. The molecule has 0 atom stereocenters. The molecule has 98 valence electrons. The van der Waals surface area contributed by atoms with Crippen LogP contribution < -0.4 is 0 Å². The van der Waals surface area contributed by atoms with Gasteiger partial charge in [-0.1, -0.05) is 36.4 Å². The maximum atomic E-state index is 2.32. The number of para-hydroxylation sites is 2. The van der Waals surface area contributed by atoms with Crippen LogP contribution in [0.5, 0.6) is 0 Å². The maximum absolute atomic E-state index is 2.32. The van der Waals surface area contributed by atoms with Gasteiger partial charge in [0.1, 0.15) is 6.17 Å². The van der Waals surface area contributed by atoms with E-state index in [-0.39, 0.29) is 6.17 Å². The summed E-state index contributed by atoms with van der Waals surface area (Å²) in [6.45, 7) is 2.24. The number of benzene rings is 2. The van der Waals surface area contributed by atoms with E-state index in [0.29, 0.717) is 0 Å². The van der Waals surface area contributed by atoms with Crippen LogP contribution in [0.3, 0.4) is 0 Å². The van der Waals surface area contributed by atoms with E-state index in [9.17, 15) is 0 Å². The van der Waals surface area contributed by atoms with Crippen molar-refractivity contribution in [3.63, 3.8) is 0 Å². The molecule has 4 rings (SSSR count). The molecule has 0 spiro atoms. The van der Waals surface area contributed by atoms with E-state index in [1.54, 1.807) is 0 Å². The van der Waals surface area contributed by atoms with Gasteiger partial charge in [-0.05, 0) is 42.0 Å². The summed E-state index contributed by atoms with van der Waals surface area (Å²) < 4.78 is 4.64. The lowest BCUT2D eigenvalue weighted by molar-refractivity contribution is 0.498. The van der Waals surface area contributed by atoms with Crippen molar-refractivity contribution in [2.24, 2.45) is 0 Å². The van der Waals surface area contributed by atoms with Gasteiger partial charge in [0.2, 0.25) is 0 Å². The van der Waals surface area contributed by atoms with E-state index in [1.807, 2.05) is 0 Å². The second kappa shape index (κ2) is 4.27. The van der Waals surface area contributed by atoms with E-state index in [1.165, 1.54) is 21.8 Å². The fourth-order valence-corrected chi connectivity index (χ4v) is 2.99. The SMILES string of the molecule is CC(n1ccc2ccccc21)n1ccc2ccccc21. The Hall–Kier alpha value is -2.48. The maximum Gasteiger partial charge on any atom is 0.107 e. The Labute approximate surface area is 117 Å². The molecule has 2 heteroatoms.